The van der Waals surface area contributed by atoms with Crippen molar-refractivity contribution in [3.05, 3.63) is 23.8 Å². The van der Waals surface area contributed by atoms with Gasteiger partial charge in [0.05, 0.1) is 20.3 Å². The van der Waals surface area contributed by atoms with Crippen LogP contribution in [0.2, 0.25) is 0 Å². The van der Waals surface area contributed by atoms with Crippen LogP contribution in [-0.4, -0.2) is 70.1 Å². The molecule has 0 aromatic heterocycles. The summed E-state index contributed by atoms with van der Waals surface area (Å²) in [4.78, 5) is 48.3. The summed E-state index contributed by atoms with van der Waals surface area (Å²) in [5, 5.41) is 2.97. The van der Waals surface area contributed by atoms with Crippen molar-refractivity contribution in [1.29, 1.82) is 0 Å². The molecular weight excluding hydrogens is 514 g/mol. The maximum atomic E-state index is 12.4. The van der Waals surface area contributed by atoms with Crippen LogP contribution in [0.15, 0.2) is 18.2 Å². The number of rotatable bonds is 17. The largest absolute Gasteiger partial charge is 0.513 e. The van der Waals surface area contributed by atoms with E-state index in [1.54, 1.807) is 13.0 Å². The van der Waals surface area contributed by atoms with Crippen LogP contribution in [0.4, 0.5) is 14.4 Å². The lowest BCUT2D eigenvalue weighted by atomic mass is 10.1. The zero-order valence-corrected chi connectivity index (χ0v) is 23.4. The minimum Gasteiger partial charge on any atom is -0.468 e. The van der Waals surface area contributed by atoms with E-state index < -0.39 is 30.5 Å². The predicted octanol–water partition coefficient (Wildman–Crippen LogP) is 4.94. The van der Waals surface area contributed by atoms with Crippen LogP contribution in [-0.2, 0) is 34.9 Å². The fraction of sp³-hybridized carbons (Fsp3) is 0.630. The predicted molar refractivity (Wildman–Crippen MR) is 140 cm³/mol. The normalized spacial score (nSPS) is 12.0. The standard InChI is InChI=1S/C27H41NO11/c1-6-9-14-34-26(31)38-22-12-11-20(18-23(22)39-27(32)35-15-10-7-2)17-21(24(29)33-5)28-13-16-36-25(30)37-19(4)8-3/h11-12,18-19,21,28H,6-10,13-17H2,1-5H3/t19?,21-/m0/s1. The van der Waals surface area contributed by atoms with Gasteiger partial charge < -0.3 is 38.5 Å². The van der Waals surface area contributed by atoms with Crippen molar-refractivity contribution in [3.63, 3.8) is 0 Å². The summed E-state index contributed by atoms with van der Waals surface area (Å²) in [6, 6.07) is 3.65. The highest BCUT2D eigenvalue weighted by Gasteiger charge is 2.22. The quantitative estimate of drug-likeness (QED) is 0.120. The molecule has 1 N–H and O–H groups in total. The zero-order chi connectivity index (χ0) is 29.0. The van der Waals surface area contributed by atoms with Gasteiger partial charge in [-0.05, 0) is 50.3 Å². The first-order valence-electron chi connectivity index (χ1n) is 13.2. The van der Waals surface area contributed by atoms with Gasteiger partial charge in [-0.2, -0.15) is 0 Å². The van der Waals surface area contributed by atoms with Crippen LogP contribution < -0.4 is 14.8 Å². The molecule has 0 aliphatic rings. The molecule has 1 aromatic rings. The van der Waals surface area contributed by atoms with Crippen LogP contribution in [0.5, 0.6) is 11.5 Å². The van der Waals surface area contributed by atoms with Crippen LogP contribution in [0, 0.1) is 0 Å². The Hall–Kier alpha value is -3.54. The molecule has 1 rings (SSSR count). The molecule has 0 aliphatic heterocycles. The maximum Gasteiger partial charge on any atom is 0.513 e. The van der Waals surface area contributed by atoms with E-state index in [1.165, 1.54) is 19.2 Å². The summed E-state index contributed by atoms with van der Waals surface area (Å²) in [6.45, 7) is 8.01. The van der Waals surface area contributed by atoms with Gasteiger partial charge in [0, 0.05) is 6.54 Å². The molecule has 0 radical (unpaired) electrons. The SMILES string of the molecule is CCCCOC(=O)Oc1ccc(C[C@H](NCCOC(=O)OC(C)CC)C(=O)OC)cc1OC(=O)OCCCC. The Balaban J connectivity index is 2.93. The summed E-state index contributed by atoms with van der Waals surface area (Å²) >= 11 is 0. The smallest absolute Gasteiger partial charge is 0.468 e. The summed E-state index contributed by atoms with van der Waals surface area (Å²) in [6.07, 6.45) is 0.805. The summed E-state index contributed by atoms with van der Waals surface area (Å²) in [7, 11) is 1.25. The monoisotopic (exact) mass is 555 g/mol. The van der Waals surface area contributed by atoms with Crippen LogP contribution in [0.3, 0.4) is 0 Å². The van der Waals surface area contributed by atoms with E-state index >= 15 is 0 Å². The number of nitrogens with one attached hydrogen (secondary N) is 1. The Morgan fingerprint density at radius 3 is 1.97 bits per heavy atom. The molecule has 1 unspecified atom stereocenters. The minimum absolute atomic E-state index is 0.0341. The van der Waals surface area contributed by atoms with E-state index in [4.69, 9.17) is 33.2 Å². The van der Waals surface area contributed by atoms with Crippen molar-refractivity contribution >= 4 is 24.4 Å². The molecule has 0 amide bonds. The van der Waals surface area contributed by atoms with Crippen LogP contribution in [0.25, 0.3) is 0 Å². The minimum atomic E-state index is -0.964. The number of hydrogen-bond acceptors (Lipinski definition) is 12. The third kappa shape index (κ3) is 14.3. The fourth-order valence-corrected chi connectivity index (χ4v) is 2.95. The lowest BCUT2D eigenvalue weighted by Crippen LogP contribution is -2.41. The van der Waals surface area contributed by atoms with Gasteiger partial charge in [-0.3, -0.25) is 4.79 Å². The van der Waals surface area contributed by atoms with Gasteiger partial charge in [-0.15, -0.1) is 0 Å². The Morgan fingerprint density at radius 2 is 1.41 bits per heavy atom. The molecule has 0 heterocycles. The summed E-state index contributed by atoms with van der Waals surface area (Å²) in [5.74, 6) is -0.692. The van der Waals surface area contributed by atoms with E-state index in [1.807, 2.05) is 20.8 Å². The molecule has 12 heteroatoms. The number of methoxy groups -OCH3 is 1. The second kappa shape index (κ2) is 19.5. The van der Waals surface area contributed by atoms with Gasteiger partial charge in [0.1, 0.15) is 18.8 Å². The number of unbranched alkanes of at least 4 members (excludes halogenated alkanes) is 2. The Morgan fingerprint density at radius 1 is 0.821 bits per heavy atom. The van der Waals surface area contributed by atoms with Gasteiger partial charge in [-0.1, -0.05) is 39.7 Å². The first-order chi connectivity index (χ1) is 18.7. The van der Waals surface area contributed by atoms with Gasteiger partial charge in [-0.25, -0.2) is 14.4 Å². The average Bonchev–Trinajstić information content (AvgIpc) is 2.91. The highest BCUT2D eigenvalue weighted by atomic mass is 16.7. The number of esters is 1. The molecule has 0 saturated carbocycles. The van der Waals surface area contributed by atoms with Crippen molar-refractivity contribution in [1.82, 2.24) is 5.32 Å². The second-order valence-corrected chi connectivity index (χ2v) is 8.56. The molecule has 0 aliphatic carbocycles. The molecular formula is C27H41NO11. The molecule has 12 nitrogen and oxygen atoms in total. The van der Waals surface area contributed by atoms with E-state index in [0.717, 1.165) is 12.8 Å². The number of hydrogen-bond donors (Lipinski definition) is 1. The van der Waals surface area contributed by atoms with Gasteiger partial charge in [0.2, 0.25) is 0 Å². The van der Waals surface area contributed by atoms with Gasteiger partial charge in [0.15, 0.2) is 11.5 Å². The van der Waals surface area contributed by atoms with Crippen LogP contribution >= 0.6 is 0 Å². The molecule has 0 bridgehead atoms. The number of benzene rings is 1. The first kappa shape index (κ1) is 33.5. The third-order valence-electron chi connectivity index (χ3n) is 5.34. The zero-order valence-electron chi connectivity index (χ0n) is 23.4. The van der Waals surface area contributed by atoms with E-state index in [2.05, 4.69) is 5.32 Å². The lowest BCUT2D eigenvalue weighted by Gasteiger charge is -2.18. The van der Waals surface area contributed by atoms with Crippen molar-refractivity contribution in [3.8, 4) is 11.5 Å². The molecule has 0 saturated heterocycles. The highest BCUT2D eigenvalue weighted by Crippen LogP contribution is 2.30. The first-order valence-corrected chi connectivity index (χ1v) is 13.2. The van der Waals surface area contributed by atoms with E-state index in [-0.39, 0.29) is 50.4 Å². The van der Waals surface area contributed by atoms with Crippen molar-refractivity contribution in [2.24, 2.45) is 0 Å². The third-order valence-corrected chi connectivity index (χ3v) is 5.34. The molecule has 39 heavy (non-hydrogen) atoms. The summed E-state index contributed by atoms with van der Waals surface area (Å²) < 4.78 is 35.5. The molecule has 0 spiro atoms. The maximum absolute atomic E-state index is 12.4. The van der Waals surface area contributed by atoms with Crippen molar-refractivity contribution in [2.45, 2.75) is 78.4 Å². The Labute approximate surface area is 229 Å². The number of carbonyl (C=O) groups excluding carboxylic acids is 4. The second-order valence-electron chi connectivity index (χ2n) is 8.56. The molecule has 2 atom stereocenters. The van der Waals surface area contributed by atoms with Crippen molar-refractivity contribution in [2.75, 3.05) is 33.5 Å². The topological polar surface area (TPSA) is 145 Å². The molecule has 1 aromatic carbocycles. The number of carbonyl (C=O) groups is 4. The van der Waals surface area contributed by atoms with Gasteiger partial charge >= 0.3 is 24.4 Å². The summed E-state index contributed by atoms with van der Waals surface area (Å²) in [5.41, 5.74) is 0.554. The lowest BCUT2D eigenvalue weighted by molar-refractivity contribution is -0.143. The highest BCUT2D eigenvalue weighted by molar-refractivity contribution is 5.76. The van der Waals surface area contributed by atoms with Gasteiger partial charge in [0.25, 0.3) is 0 Å². The molecule has 220 valence electrons. The van der Waals surface area contributed by atoms with E-state index in [9.17, 15) is 19.2 Å². The van der Waals surface area contributed by atoms with Crippen LogP contribution in [0.1, 0.15) is 65.4 Å². The molecule has 0 fully saturated rings. The average molecular weight is 556 g/mol. The van der Waals surface area contributed by atoms with E-state index in [0.29, 0.717) is 24.8 Å². The van der Waals surface area contributed by atoms with Crippen molar-refractivity contribution < 1.29 is 52.3 Å². The number of ether oxygens (including phenoxy) is 7. The fourth-order valence-electron chi connectivity index (χ4n) is 2.95. The Bertz CT molecular complexity index is 906. The Kier molecular flexibility index (Phi) is 16.8.